The van der Waals surface area contributed by atoms with E-state index in [4.69, 9.17) is 15.5 Å². The number of aryl methyl sites for hydroxylation is 1. The molecule has 1 aliphatic carbocycles. The van der Waals surface area contributed by atoms with Crippen molar-refractivity contribution in [1.82, 2.24) is 9.55 Å². The Kier molecular flexibility index (Phi) is 2.29. The van der Waals surface area contributed by atoms with Crippen LogP contribution in [0.3, 0.4) is 0 Å². The maximum Gasteiger partial charge on any atom is 0.112 e. The second-order valence-electron chi connectivity index (χ2n) is 5.98. The van der Waals surface area contributed by atoms with Crippen LogP contribution in [0.4, 0.5) is 0 Å². The molecule has 1 saturated heterocycles. The van der Waals surface area contributed by atoms with Crippen LogP contribution in [-0.2, 0) is 17.2 Å². The van der Waals surface area contributed by atoms with Gasteiger partial charge in [-0.05, 0) is 30.5 Å². The van der Waals surface area contributed by atoms with Crippen molar-refractivity contribution in [3.05, 3.63) is 29.6 Å². The van der Waals surface area contributed by atoms with Crippen molar-refractivity contribution in [1.29, 1.82) is 0 Å². The lowest BCUT2D eigenvalue weighted by Crippen LogP contribution is -2.52. The number of hydrogen-bond donors (Lipinski definition) is 1. The maximum atomic E-state index is 5.93. The zero-order chi connectivity index (χ0) is 13.0. The second-order valence-corrected chi connectivity index (χ2v) is 5.98. The van der Waals surface area contributed by atoms with E-state index in [9.17, 15) is 0 Å². The molecule has 2 N–H and O–H groups in total. The summed E-state index contributed by atoms with van der Waals surface area (Å²) in [5.41, 5.74) is 9.54. The van der Waals surface area contributed by atoms with E-state index in [1.54, 1.807) is 0 Å². The summed E-state index contributed by atoms with van der Waals surface area (Å²) in [6, 6.07) is 6.58. The second kappa shape index (κ2) is 3.81. The minimum absolute atomic E-state index is 0.0193. The average Bonchev–Trinajstić information content (AvgIpc) is 3.15. The summed E-state index contributed by atoms with van der Waals surface area (Å²) in [5, 5.41) is 0. The van der Waals surface area contributed by atoms with Gasteiger partial charge in [0, 0.05) is 19.5 Å². The van der Waals surface area contributed by atoms with Gasteiger partial charge < -0.3 is 15.0 Å². The third-order valence-corrected chi connectivity index (χ3v) is 4.62. The van der Waals surface area contributed by atoms with Gasteiger partial charge in [0.2, 0.25) is 0 Å². The molecule has 4 rings (SSSR count). The average molecular weight is 257 g/mol. The van der Waals surface area contributed by atoms with Crippen LogP contribution in [0.2, 0.25) is 0 Å². The first-order valence-electron chi connectivity index (χ1n) is 6.98. The number of benzene rings is 1. The highest BCUT2D eigenvalue weighted by atomic mass is 16.5. The molecule has 1 aromatic carbocycles. The molecule has 4 heteroatoms. The summed E-state index contributed by atoms with van der Waals surface area (Å²) >= 11 is 0. The van der Waals surface area contributed by atoms with E-state index in [0.29, 0.717) is 12.5 Å². The first kappa shape index (κ1) is 11.4. The van der Waals surface area contributed by atoms with Crippen LogP contribution >= 0.6 is 0 Å². The largest absolute Gasteiger partial charge is 0.379 e. The Morgan fingerprint density at radius 1 is 1.42 bits per heavy atom. The summed E-state index contributed by atoms with van der Waals surface area (Å²) in [6.07, 6.45) is 2.56. The van der Waals surface area contributed by atoms with Gasteiger partial charge in [0.15, 0.2) is 0 Å². The lowest BCUT2D eigenvalue weighted by Gasteiger charge is -2.41. The van der Waals surface area contributed by atoms with E-state index < -0.39 is 0 Å². The van der Waals surface area contributed by atoms with Crippen molar-refractivity contribution in [2.24, 2.45) is 12.8 Å². The molecular formula is C15H19N3O. The van der Waals surface area contributed by atoms with Crippen LogP contribution in [0.15, 0.2) is 18.2 Å². The number of hydrogen-bond acceptors (Lipinski definition) is 3. The van der Waals surface area contributed by atoms with Gasteiger partial charge in [-0.3, -0.25) is 0 Å². The fourth-order valence-corrected chi connectivity index (χ4v) is 3.01. The van der Waals surface area contributed by atoms with Gasteiger partial charge in [-0.1, -0.05) is 6.07 Å². The highest BCUT2D eigenvalue weighted by molar-refractivity contribution is 5.77. The van der Waals surface area contributed by atoms with Crippen molar-refractivity contribution in [2.75, 3.05) is 19.8 Å². The minimum Gasteiger partial charge on any atom is -0.379 e. The van der Waals surface area contributed by atoms with Crippen LogP contribution < -0.4 is 5.73 Å². The lowest BCUT2D eigenvalue weighted by atomic mass is 9.78. The smallest absolute Gasteiger partial charge is 0.112 e. The molecule has 100 valence electrons. The molecule has 2 heterocycles. The SMILES string of the molecule is Cn1c(C2CC2)nc2cc(C3(CN)COC3)ccc21. The Hall–Kier alpha value is -1.39. The van der Waals surface area contributed by atoms with Gasteiger partial charge in [0.05, 0.1) is 29.7 Å². The van der Waals surface area contributed by atoms with Crippen molar-refractivity contribution in [2.45, 2.75) is 24.2 Å². The van der Waals surface area contributed by atoms with E-state index >= 15 is 0 Å². The molecule has 1 aromatic heterocycles. The zero-order valence-electron chi connectivity index (χ0n) is 11.2. The lowest BCUT2D eigenvalue weighted by molar-refractivity contribution is -0.0549. The van der Waals surface area contributed by atoms with Crippen LogP contribution in [-0.4, -0.2) is 29.3 Å². The normalized spacial score (nSPS) is 21.6. The molecule has 2 aliphatic rings. The molecule has 2 fully saturated rings. The molecule has 1 aliphatic heterocycles. The Morgan fingerprint density at radius 2 is 2.21 bits per heavy atom. The van der Waals surface area contributed by atoms with Crippen LogP contribution in [0.5, 0.6) is 0 Å². The first-order chi connectivity index (χ1) is 9.23. The van der Waals surface area contributed by atoms with Gasteiger partial charge in [-0.15, -0.1) is 0 Å². The molecular weight excluding hydrogens is 238 g/mol. The van der Waals surface area contributed by atoms with Crippen molar-refractivity contribution in [3.8, 4) is 0 Å². The predicted molar refractivity (Wildman–Crippen MR) is 74.2 cm³/mol. The van der Waals surface area contributed by atoms with E-state index in [-0.39, 0.29) is 5.41 Å². The van der Waals surface area contributed by atoms with Gasteiger partial charge in [-0.2, -0.15) is 0 Å². The number of ether oxygens (including phenoxy) is 1. The Balaban J connectivity index is 1.83. The number of nitrogens with two attached hydrogens (primary N) is 1. The Bertz CT molecular complexity index is 633. The molecule has 0 bridgehead atoms. The molecule has 0 unspecified atom stereocenters. The fourth-order valence-electron chi connectivity index (χ4n) is 3.01. The van der Waals surface area contributed by atoms with Crippen molar-refractivity contribution >= 4 is 11.0 Å². The highest BCUT2D eigenvalue weighted by Gasteiger charge is 2.39. The number of rotatable bonds is 3. The summed E-state index contributed by atoms with van der Waals surface area (Å²) in [4.78, 5) is 4.82. The number of aromatic nitrogens is 2. The molecule has 19 heavy (non-hydrogen) atoms. The fraction of sp³-hybridized carbons (Fsp3) is 0.533. The first-order valence-corrected chi connectivity index (χ1v) is 6.98. The summed E-state index contributed by atoms with van der Waals surface area (Å²) in [6.45, 7) is 2.11. The van der Waals surface area contributed by atoms with E-state index in [0.717, 1.165) is 18.7 Å². The third-order valence-electron chi connectivity index (χ3n) is 4.62. The molecule has 0 spiro atoms. The minimum atomic E-state index is 0.0193. The molecule has 4 nitrogen and oxygen atoms in total. The zero-order valence-corrected chi connectivity index (χ0v) is 11.2. The van der Waals surface area contributed by atoms with E-state index in [1.165, 1.54) is 29.7 Å². The summed E-state index contributed by atoms with van der Waals surface area (Å²) in [7, 11) is 2.12. The molecule has 1 saturated carbocycles. The van der Waals surface area contributed by atoms with Gasteiger partial charge in [-0.25, -0.2) is 4.98 Å². The molecule has 2 aromatic rings. The van der Waals surface area contributed by atoms with Crippen molar-refractivity contribution < 1.29 is 4.74 Å². The highest BCUT2D eigenvalue weighted by Crippen LogP contribution is 2.41. The Morgan fingerprint density at radius 3 is 2.79 bits per heavy atom. The van der Waals surface area contributed by atoms with E-state index in [2.05, 4.69) is 29.8 Å². The summed E-state index contributed by atoms with van der Waals surface area (Å²) < 4.78 is 7.61. The van der Waals surface area contributed by atoms with Crippen molar-refractivity contribution in [3.63, 3.8) is 0 Å². The van der Waals surface area contributed by atoms with Crippen LogP contribution in [0, 0.1) is 0 Å². The van der Waals surface area contributed by atoms with Gasteiger partial charge >= 0.3 is 0 Å². The number of imidazole rings is 1. The Labute approximate surface area is 112 Å². The summed E-state index contributed by atoms with van der Waals surface area (Å²) in [5.74, 6) is 1.91. The third kappa shape index (κ3) is 1.56. The quantitative estimate of drug-likeness (QED) is 0.910. The molecule has 0 atom stereocenters. The standard InChI is InChI=1S/C15H19N3O/c1-18-13-5-4-11(15(7-16)8-19-9-15)6-12(13)17-14(18)10-2-3-10/h4-6,10H,2-3,7-9,16H2,1H3. The number of fused-ring (bicyclic) bond motifs is 1. The van der Waals surface area contributed by atoms with Crippen LogP contribution in [0.25, 0.3) is 11.0 Å². The van der Waals surface area contributed by atoms with E-state index in [1.807, 2.05) is 0 Å². The predicted octanol–water partition coefficient (Wildman–Crippen LogP) is 1.68. The molecule has 0 radical (unpaired) electrons. The maximum absolute atomic E-state index is 5.93. The topological polar surface area (TPSA) is 53.1 Å². The molecule has 0 amide bonds. The van der Waals surface area contributed by atoms with Crippen LogP contribution in [0.1, 0.15) is 30.1 Å². The van der Waals surface area contributed by atoms with Gasteiger partial charge in [0.25, 0.3) is 0 Å². The van der Waals surface area contributed by atoms with Gasteiger partial charge in [0.1, 0.15) is 5.82 Å². The monoisotopic (exact) mass is 257 g/mol. The number of nitrogens with zero attached hydrogens (tertiary/aromatic N) is 2.